The molecule has 0 aromatic heterocycles. The topological polar surface area (TPSA) is 35.6 Å². The number of hydrogen-bond donors (Lipinski definition) is 1. The number of carbonyl (C=O) groups is 1. The van der Waals surface area contributed by atoms with Crippen molar-refractivity contribution >= 4 is 17.3 Å². The number of halogens is 1. The number of hydrogen-bond acceptors (Lipinski definition) is 3. The van der Waals surface area contributed by atoms with Crippen molar-refractivity contribution < 1.29 is 9.18 Å². The van der Waals surface area contributed by atoms with Crippen LogP contribution in [0.4, 0.5) is 15.8 Å². The Bertz CT molecular complexity index is 735. The van der Waals surface area contributed by atoms with Gasteiger partial charge in [0.15, 0.2) is 0 Å². The molecule has 1 N–H and O–H groups in total. The molecule has 1 aliphatic heterocycles. The highest BCUT2D eigenvalue weighted by Gasteiger charge is 2.19. The van der Waals surface area contributed by atoms with Gasteiger partial charge in [-0.2, -0.15) is 0 Å². The van der Waals surface area contributed by atoms with Crippen molar-refractivity contribution in [3.63, 3.8) is 0 Å². The van der Waals surface area contributed by atoms with Crippen molar-refractivity contribution in [3.05, 3.63) is 59.9 Å². The molecule has 1 saturated heterocycles. The molecule has 2 aromatic carbocycles. The van der Waals surface area contributed by atoms with Crippen LogP contribution in [-0.4, -0.2) is 44.5 Å². The zero-order chi connectivity index (χ0) is 19.2. The van der Waals surface area contributed by atoms with E-state index in [-0.39, 0.29) is 18.1 Å². The fraction of sp³-hybridized carbons (Fsp3) is 0.409. The summed E-state index contributed by atoms with van der Waals surface area (Å²) in [5.74, 6) is 0.389. The van der Waals surface area contributed by atoms with Crippen LogP contribution >= 0.6 is 0 Å². The summed E-state index contributed by atoms with van der Waals surface area (Å²) in [6.07, 6.45) is 2.67. The van der Waals surface area contributed by atoms with E-state index >= 15 is 0 Å². The first-order chi connectivity index (χ1) is 13.0. The lowest BCUT2D eigenvalue weighted by Crippen LogP contribution is -2.37. The largest absolute Gasteiger partial charge is 0.372 e. The van der Waals surface area contributed by atoms with Crippen LogP contribution in [0.2, 0.25) is 0 Å². The number of nitrogens with one attached hydrogen (secondary N) is 1. The zero-order valence-electron chi connectivity index (χ0n) is 16.1. The average Bonchev–Trinajstić information content (AvgIpc) is 2.64. The lowest BCUT2D eigenvalue weighted by Gasteiger charge is -2.34. The molecule has 1 amide bonds. The maximum Gasteiger partial charge on any atom is 0.228 e. The average molecular weight is 369 g/mol. The van der Waals surface area contributed by atoms with Crippen molar-refractivity contribution in [2.45, 2.75) is 19.3 Å². The molecule has 5 heteroatoms. The predicted molar refractivity (Wildman–Crippen MR) is 109 cm³/mol. The fourth-order valence-corrected chi connectivity index (χ4v) is 3.64. The van der Waals surface area contributed by atoms with E-state index in [1.165, 1.54) is 30.7 Å². The summed E-state index contributed by atoms with van der Waals surface area (Å²) >= 11 is 0. The minimum atomic E-state index is -0.291. The number of nitrogens with zero attached hydrogens (tertiary/aromatic N) is 2. The molecule has 27 heavy (non-hydrogen) atoms. The molecule has 1 heterocycles. The van der Waals surface area contributed by atoms with Crippen molar-refractivity contribution in [2.75, 3.05) is 43.9 Å². The smallest absolute Gasteiger partial charge is 0.228 e. The highest BCUT2D eigenvalue weighted by Crippen LogP contribution is 2.25. The second-order valence-corrected chi connectivity index (χ2v) is 7.59. The molecule has 0 radical (unpaired) electrons. The maximum atomic E-state index is 12.9. The van der Waals surface area contributed by atoms with Gasteiger partial charge >= 0.3 is 0 Å². The first kappa shape index (κ1) is 19.4. The third-order valence-corrected chi connectivity index (χ3v) is 5.03. The molecule has 0 spiro atoms. The Morgan fingerprint density at radius 1 is 1.07 bits per heavy atom. The highest BCUT2D eigenvalue weighted by atomic mass is 19.1. The number of piperidine rings is 1. The molecule has 4 nitrogen and oxygen atoms in total. The maximum absolute atomic E-state index is 12.9. The van der Waals surface area contributed by atoms with Crippen LogP contribution in [-0.2, 0) is 11.2 Å². The molecule has 0 unspecified atom stereocenters. The van der Waals surface area contributed by atoms with Gasteiger partial charge in [-0.3, -0.25) is 4.79 Å². The van der Waals surface area contributed by atoms with Gasteiger partial charge in [0.1, 0.15) is 5.82 Å². The highest BCUT2D eigenvalue weighted by molar-refractivity contribution is 5.92. The van der Waals surface area contributed by atoms with Crippen LogP contribution in [0.25, 0.3) is 0 Å². The van der Waals surface area contributed by atoms with Crippen LogP contribution in [0.5, 0.6) is 0 Å². The third-order valence-electron chi connectivity index (χ3n) is 5.03. The Hall–Kier alpha value is -2.40. The molecule has 144 valence electrons. The van der Waals surface area contributed by atoms with Gasteiger partial charge in [0.25, 0.3) is 0 Å². The van der Waals surface area contributed by atoms with E-state index in [9.17, 15) is 9.18 Å². The van der Waals surface area contributed by atoms with Gasteiger partial charge in [-0.15, -0.1) is 0 Å². The second-order valence-electron chi connectivity index (χ2n) is 7.59. The van der Waals surface area contributed by atoms with Crippen molar-refractivity contribution in [2.24, 2.45) is 5.92 Å². The molecule has 0 atom stereocenters. The van der Waals surface area contributed by atoms with E-state index in [0.717, 1.165) is 36.8 Å². The Morgan fingerprint density at radius 3 is 2.30 bits per heavy atom. The van der Waals surface area contributed by atoms with Gasteiger partial charge < -0.3 is 15.1 Å². The monoisotopic (exact) mass is 369 g/mol. The Labute approximate surface area is 161 Å². The quantitative estimate of drug-likeness (QED) is 0.842. The summed E-state index contributed by atoms with van der Waals surface area (Å²) in [5.41, 5.74) is 2.79. The van der Waals surface area contributed by atoms with Crippen molar-refractivity contribution in [1.29, 1.82) is 0 Å². The third kappa shape index (κ3) is 5.79. The fourth-order valence-electron chi connectivity index (χ4n) is 3.64. The van der Waals surface area contributed by atoms with Gasteiger partial charge in [-0.1, -0.05) is 12.1 Å². The Morgan fingerprint density at radius 2 is 1.70 bits per heavy atom. The van der Waals surface area contributed by atoms with Gasteiger partial charge in [-0.05, 0) is 74.8 Å². The molecule has 3 rings (SSSR count). The SMILES string of the molecule is CN(C)CC1CCN(c2ccc(NC(=O)Cc3ccc(F)cc3)cc2)CC1. The minimum absolute atomic E-state index is 0.0983. The summed E-state index contributed by atoms with van der Waals surface area (Å²) in [6.45, 7) is 3.32. The van der Waals surface area contributed by atoms with Crippen LogP contribution < -0.4 is 10.2 Å². The predicted octanol–water partition coefficient (Wildman–Crippen LogP) is 3.78. The van der Waals surface area contributed by atoms with E-state index < -0.39 is 0 Å². The normalized spacial score (nSPS) is 15.2. The molecular formula is C22H28FN3O. The summed E-state index contributed by atoms with van der Waals surface area (Å²) in [7, 11) is 4.27. The molecule has 0 aliphatic carbocycles. The van der Waals surface area contributed by atoms with E-state index in [0.29, 0.717) is 0 Å². The molecular weight excluding hydrogens is 341 g/mol. The van der Waals surface area contributed by atoms with Crippen LogP contribution in [0.3, 0.4) is 0 Å². The standard InChI is InChI=1S/C22H28FN3O/c1-25(2)16-18-11-13-26(14-12-18)21-9-7-20(8-10-21)24-22(27)15-17-3-5-19(23)6-4-17/h3-10,18H,11-16H2,1-2H3,(H,24,27). The minimum Gasteiger partial charge on any atom is -0.372 e. The summed E-state index contributed by atoms with van der Waals surface area (Å²) in [5, 5.41) is 2.91. The van der Waals surface area contributed by atoms with Gasteiger partial charge in [-0.25, -0.2) is 4.39 Å². The first-order valence-corrected chi connectivity index (χ1v) is 9.53. The van der Waals surface area contributed by atoms with Crippen molar-refractivity contribution in [1.82, 2.24) is 4.90 Å². The number of carbonyl (C=O) groups excluding carboxylic acids is 1. The van der Waals surface area contributed by atoms with E-state index in [1.54, 1.807) is 12.1 Å². The van der Waals surface area contributed by atoms with Gasteiger partial charge in [0.2, 0.25) is 5.91 Å². The Kier molecular flexibility index (Phi) is 6.45. The van der Waals surface area contributed by atoms with Crippen LogP contribution in [0.1, 0.15) is 18.4 Å². The number of rotatable bonds is 6. The molecule has 1 fully saturated rings. The van der Waals surface area contributed by atoms with Gasteiger partial charge in [0.05, 0.1) is 6.42 Å². The summed E-state index contributed by atoms with van der Waals surface area (Å²) in [6, 6.07) is 14.1. The first-order valence-electron chi connectivity index (χ1n) is 9.53. The van der Waals surface area contributed by atoms with Gasteiger partial charge in [0, 0.05) is 31.0 Å². The number of anilines is 2. The lowest BCUT2D eigenvalue weighted by atomic mass is 9.96. The van der Waals surface area contributed by atoms with E-state index in [4.69, 9.17) is 0 Å². The summed E-state index contributed by atoms with van der Waals surface area (Å²) < 4.78 is 12.9. The Balaban J connectivity index is 1.50. The molecule has 0 saturated carbocycles. The zero-order valence-corrected chi connectivity index (χ0v) is 16.1. The van der Waals surface area contributed by atoms with Crippen molar-refractivity contribution in [3.8, 4) is 0 Å². The van der Waals surface area contributed by atoms with E-state index in [1.807, 2.05) is 12.1 Å². The van der Waals surface area contributed by atoms with Crippen LogP contribution in [0.15, 0.2) is 48.5 Å². The number of benzene rings is 2. The molecule has 0 bridgehead atoms. The molecule has 1 aliphatic rings. The lowest BCUT2D eigenvalue weighted by molar-refractivity contribution is -0.115. The number of amides is 1. The molecule has 2 aromatic rings. The van der Waals surface area contributed by atoms with Crippen LogP contribution in [0, 0.1) is 11.7 Å². The second kappa shape index (κ2) is 9.00. The van der Waals surface area contributed by atoms with E-state index in [2.05, 4.69) is 41.3 Å². The summed E-state index contributed by atoms with van der Waals surface area (Å²) in [4.78, 5) is 16.8.